The van der Waals surface area contributed by atoms with Crippen molar-refractivity contribution in [1.29, 1.82) is 0 Å². The predicted octanol–water partition coefficient (Wildman–Crippen LogP) is 1.08. The van der Waals surface area contributed by atoms with Gasteiger partial charge in [0.05, 0.1) is 23.3 Å². The molecular weight excluding hydrogens is 290 g/mol. The number of ether oxygens (including phenoxy) is 1. The van der Waals surface area contributed by atoms with Gasteiger partial charge in [-0.15, -0.1) is 0 Å². The molecule has 1 saturated heterocycles. The van der Waals surface area contributed by atoms with E-state index in [9.17, 15) is 17.2 Å². The molecular formula is C12H16F2N2O3S. The Morgan fingerprint density at radius 3 is 2.80 bits per heavy atom. The van der Waals surface area contributed by atoms with Crippen LogP contribution in [-0.2, 0) is 14.6 Å². The Bertz CT molecular complexity index is 545. The van der Waals surface area contributed by atoms with Crippen molar-refractivity contribution < 1.29 is 21.9 Å². The lowest BCUT2D eigenvalue weighted by atomic mass is 10.2. The van der Waals surface area contributed by atoms with E-state index in [4.69, 9.17) is 4.74 Å². The van der Waals surface area contributed by atoms with Gasteiger partial charge in [0, 0.05) is 19.6 Å². The zero-order valence-electron chi connectivity index (χ0n) is 10.7. The van der Waals surface area contributed by atoms with Crippen molar-refractivity contribution in [3.05, 3.63) is 24.3 Å². The fraction of sp³-hybridized carbons (Fsp3) is 0.500. The van der Waals surface area contributed by atoms with E-state index in [1.54, 1.807) is 6.07 Å². The second-order valence-electron chi connectivity index (χ2n) is 4.38. The summed E-state index contributed by atoms with van der Waals surface area (Å²) in [5, 5.41) is 6.00. The highest BCUT2D eigenvalue weighted by atomic mass is 32.2. The van der Waals surface area contributed by atoms with Crippen LogP contribution in [0.1, 0.15) is 0 Å². The number of para-hydroxylation sites is 1. The number of hydrogen-bond acceptors (Lipinski definition) is 5. The molecule has 1 unspecified atom stereocenters. The van der Waals surface area contributed by atoms with Crippen LogP contribution >= 0.6 is 0 Å². The van der Waals surface area contributed by atoms with Crippen molar-refractivity contribution in [3.63, 3.8) is 0 Å². The summed E-state index contributed by atoms with van der Waals surface area (Å²) in [6, 6.07) is 5.64. The normalized spacial score (nSPS) is 20.1. The smallest absolute Gasteiger partial charge is 0.341 e. The van der Waals surface area contributed by atoms with Crippen LogP contribution < -0.4 is 10.6 Å². The maximum atomic E-state index is 12.6. The third-order valence-corrected chi connectivity index (χ3v) is 4.39. The van der Waals surface area contributed by atoms with Crippen molar-refractivity contribution in [2.24, 2.45) is 0 Å². The molecule has 1 fully saturated rings. The van der Waals surface area contributed by atoms with Crippen LogP contribution in [0.4, 0.5) is 14.5 Å². The minimum Gasteiger partial charge on any atom is -0.381 e. The van der Waals surface area contributed by atoms with Gasteiger partial charge in [0.2, 0.25) is 9.84 Å². The highest BCUT2D eigenvalue weighted by molar-refractivity contribution is 7.91. The van der Waals surface area contributed by atoms with Crippen LogP contribution in [0.15, 0.2) is 29.2 Å². The summed E-state index contributed by atoms with van der Waals surface area (Å²) >= 11 is 0. The average molecular weight is 306 g/mol. The monoisotopic (exact) mass is 306 g/mol. The lowest BCUT2D eigenvalue weighted by molar-refractivity contribution is 0.0372. The molecule has 20 heavy (non-hydrogen) atoms. The van der Waals surface area contributed by atoms with Gasteiger partial charge in [-0.1, -0.05) is 12.1 Å². The van der Waals surface area contributed by atoms with E-state index in [0.717, 1.165) is 6.54 Å². The second kappa shape index (κ2) is 6.47. The van der Waals surface area contributed by atoms with Crippen molar-refractivity contribution in [2.75, 3.05) is 31.6 Å². The lowest BCUT2D eigenvalue weighted by Gasteiger charge is -2.24. The molecule has 1 aromatic rings. The van der Waals surface area contributed by atoms with Crippen molar-refractivity contribution in [2.45, 2.75) is 16.8 Å². The fourth-order valence-corrected chi connectivity index (χ4v) is 2.84. The van der Waals surface area contributed by atoms with Crippen LogP contribution in [0.5, 0.6) is 0 Å². The molecule has 0 bridgehead atoms. The molecule has 1 atom stereocenters. The number of halogens is 2. The van der Waals surface area contributed by atoms with Crippen LogP contribution in [0, 0.1) is 0 Å². The topological polar surface area (TPSA) is 67.4 Å². The number of benzene rings is 1. The molecule has 0 aromatic heterocycles. The molecule has 0 aliphatic carbocycles. The third kappa shape index (κ3) is 3.44. The maximum Gasteiger partial charge on any atom is 0.341 e. The number of hydrogen-bond donors (Lipinski definition) is 2. The Morgan fingerprint density at radius 1 is 1.40 bits per heavy atom. The van der Waals surface area contributed by atoms with Gasteiger partial charge < -0.3 is 15.4 Å². The first-order valence-corrected chi connectivity index (χ1v) is 7.73. The molecule has 0 radical (unpaired) electrons. The van der Waals surface area contributed by atoms with Gasteiger partial charge in [-0.2, -0.15) is 8.78 Å². The van der Waals surface area contributed by atoms with E-state index in [1.165, 1.54) is 18.2 Å². The number of alkyl halides is 2. The van der Waals surface area contributed by atoms with E-state index in [2.05, 4.69) is 10.6 Å². The average Bonchev–Trinajstić information content (AvgIpc) is 2.46. The summed E-state index contributed by atoms with van der Waals surface area (Å²) in [6.07, 6.45) is -0.119. The van der Waals surface area contributed by atoms with Gasteiger partial charge >= 0.3 is 5.76 Å². The first kappa shape index (κ1) is 15.1. The molecule has 0 amide bonds. The quantitative estimate of drug-likeness (QED) is 0.852. The van der Waals surface area contributed by atoms with Crippen LogP contribution in [0.25, 0.3) is 0 Å². The lowest BCUT2D eigenvalue weighted by Crippen LogP contribution is -2.42. The Hall–Kier alpha value is -1.25. The van der Waals surface area contributed by atoms with Gasteiger partial charge in [0.25, 0.3) is 0 Å². The zero-order valence-corrected chi connectivity index (χ0v) is 11.5. The highest BCUT2D eigenvalue weighted by Gasteiger charge is 2.29. The van der Waals surface area contributed by atoms with Gasteiger partial charge in [-0.25, -0.2) is 8.42 Å². The van der Waals surface area contributed by atoms with Gasteiger partial charge in [0.15, 0.2) is 0 Å². The molecule has 2 N–H and O–H groups in total. The summed E-state index contributed by atoms with van der Waals surface area (Å²) in [5.41, 5.74) is 0.168. The zero-order chi connectivity index (χ0) is 14.6. The van der Waals surface area contributed by atoms with E-state index in [-0.39, 0.29) is 11.8 Å². The molecule has 1 aliphatic heterocycles. The van der Waals surface area contributed by atoms with E-state index in [1.807, 2.05) is 0 Å². The summed E-state index contributed by atoms with van der Waals surface area (Å²) in [4.78, 5) is -0.390. The van der Waals surface area contributed by atoms with Gasteiger partial charge in [-0.3, -0.25) is 0 Å². The predicted molar refractivity (Wildman–Crippen MR) is 70.7 cm³/mol. The number of anilines is 1. The van der Waals surface area contributed by atoms with Gasteiger partial charge in [-0.05, 0) is 12.1 Å². The highest BCUT2D eigenvalue weighted by Crippen LogP contribution is 2.26. The molecule has 0 spiro atoms. The van der Waals surface area contributed by atoms with E-state index >= 15 is 0 Å². The molecule has 0 saturated carbocycles. The summed E-state index contributed by atoms with van der Waals surface area (Å²) < 4.78 is 53.8. The standard InChI is InChI=1S/C12H16F2N2O3S/c13-12(14)20(17,18)11-4-2-1-3-10(11)16-8-9-7-15-5-6-19-9/h1-4,9,12,15-16H,5-8H2. The SMILES string of the molecule is O=S(=O)(c1ccccc1NCC1CNCCO1)C(F)F. The molecule has 1 aliphatic rings. The minimum absolute atomic E-state index is 0.119. The molecule has 2 rings (SSSR count). The first-order valence-electron chi connectivity index (χ1n) is 6.19. The minimum atomic E-state index is -4.61. The van der Waals surface area contributed by atoms with Crippen molar-refractivity contribution in [1.82, 2.24) is 5.32 Å². The Morgan fingerprint density at radius 2 is 2.15 bits per heavy atom. The Kier molecular flexibility index (Phi) is 4.90. The second-order valence-corrected chi connectivity index (χ2v) is 6.27. The van der Waals surface area contributed by atoms with Crippen LogP contribution in [0.2, 0.25) is 0 Å². The Labute approximate surface area is 116 Å². The van der Waals surface area contributed by atoms with E-state index < -0.39 is 20.5 Å². The molecule has 8 heteroatoms. The molecule has 1 heterocycles. The third-order valence-electron chi connectivity index (χ3n) is 2.95. The summed E-state index contributed by atoms with van der Waals surface area (Å²) in [6.45, 7) is 2.33. The van der Waals surface area contributed by atoms with Crippen molar-refractivity contribution >= 4 is 15.5 Å². The maximum absolute atomic E-state index is 12.6. The largest absolute Gasteiger partial charge is 0.381 e. The number of morpholine rings is 1. The van der Waals surface area contributed by atoms with Crippen LogP contribution in [-0.4, -0.2) is 46.5 Å². The summed E-state index contributed by atoms with van der Waals surface area (Å²) in [5.74, 6) is -3.43. The van der Waals surface area contributed by atoms with Gasteiger partial charge in [0.1, 0.15) is 0 Å². The number of nitrogens with one attached hydrogen (secondary N) is 2. The van der Waals surface area contributed by atoms with E-state index in [0.29, 0.717) is 19.7 Å². The Balaban J connectivity index is 2.12. The molecule has 112 valence electrons. The molecule has 1 aromatic carbocycles. The fourth-order valence-electron chi connectivity index (χ4n) is 1.93. The molecule has 5 nitrogen and oxygen atoms in total. The number of sulfone groups is 1. The first-order chi connectivity index (χ1) is 9.51. The number of rotatable bonds is 5. The summed E-state index contributed by atoms with van der Waals surface area (Å²) in [7, 11) is -4.61. The van der Waals surface area contributed by atoms with Crippen LogP contribution in [0.3, 0.4) is 0 Å². The van der Waals surface area contributed by atoms with Crippen molar-refractivity contribution in [3.8, 4) is 0 Å².